The van der Waals surface area contributed by atoms with Crippen molar-refractivity contribution in [2.45, 2.75) is 10.8 Å². The molecule has 108 valence electrons. The van der Waals surface area contributed by atoms with Crippen LogP contribution in [0.3, 0.4) is 0 Å². The van der Waals surface area contributed by atoms with Gasteiger partial charge in [0.25, 0.3) is 0 Å². The molecule has 0 saturated heterocycles. The van der Waals surface area contributed by atoms with Gasteiger partial charge in [-0.25, -0.2) is 4.79 Å². The van der Waals surface area contributed by atoms with Crippen LogP contribution in [0.4, 0.5) is 0 Å². The number of nitrogens with zero attached hydrogens (tertiary/aromatic N) is 1. The average Bonchev–Trinajstić information content (AvgIpc) is 2.97. The summed E-state index contributed by atoms with van der Waals surface area (Å²) in [5, 5.41) is 17.7. The maximum Gasteiger partial charge on any atom is 0.371 e. The molecular weight excluding hydrogens is 294 g/mol. The summed E-state index contributed by atoms with van der Waals surface area (Å²) in [7, 11) is -0.0962. The van der Waals surface area contributed by atoms with E-state index in [1.54, 1.807) is 18.2 Å². The van der Waals surface area contributed by atoms with Crippen LogP contribution in [0.5, 0.6) is 5.75 Å². The number of aromatic carboxylic acids is 1. The number of methoxy groups -OCH3 is 1. The fourth-order valence-electron chi connectivity index (χ4n) is 1.73. The Morgan fingerprint density at radius 2 is 2.19 bits per heavy atom. The molecule has 0 bridgehead atoms. The summed E-state index contributed by atoms with van der Waals surface area (Å²) >= 11 is 0. The molecule has 6 nitrogen and oxygen atoms in total. The van der Waals surface area contributed by atoms with Gasteiger partial charge in [0.1, 0.15) is 5.75 Å². The Hall–Kier alpha value is -2.59. The molecule has 1 heterocycles. The van der Waals surface area contributed by atoms with Gasteiger partial charge < -0.3 is 14.3 Å². The topological polar surface area (TPSA) is 101 Å². The van der Waals surface area contributed by atoms with Crippen LogP contribution < -0.4 is 4.74 Å². The van der Waals surface area contributed by atoms with E-state index in [4.69, 9.17) is 19.5 Å². The molecule has 1 aromatic carbocycles. The van der Waals surface area contributed by atoms with Gasteiger partial charge in [0.05, 0.1) is 35.3 Å². The quantitative estimate of drug-likeness (QED) is 0.908. The summed E-state index contributed by atoms with van der Waals surface area (Å²) in [5.74, 6) is -0.920. The van der Waals surface area contributed by atoms with Crippen LogP contribution in [-0.4, -0.2) is 22.4 Å². The van der Waals surface area contributed by atoms with Gasteiger partial charge in [0.2, 0.25) is 5.76 Å². The van der Waals surface area contributed by atoms with Gasteiger partial charge in [-0.2, -0.15) is 5.26 Å². The Labute approximate surface area is 123 Å². The Bertz CT molecular complexity index is 744. The van der Waals surface area contributed by atoms with Crippen LogP contribution in [0, 0.1) is 11.3 Å². The molecule has 2 aromatic rings. The minimum Gasteiger partial charge on any atom is -0.496 e. The van der Waals surface area contributed by atoms with E-state index >= 15 is 0 Å². The third kappa shape index (κ3) is 3.30. The number of benzene rings is 1. The van der Waals surface area contributed by atoms with Crippen molar-refractivity contribution >= 4 is 16.8 Å². The van der Waals surface area contributed by atoms with Crippen LogP contribution in [0.1, 0.15) is 21.7 Å². The van der Waals surface area contributed by atoms with Gasteiger partial charge >= 0.3 is 5.97 Å². The van der Waals surface area contributed by atoms with Crippen LogP contribution in [0.15, 0.2) is 39.8 Å². The predicted octanol–water partition coefficient (Wildman–Crippen LogP) is 2.17. The second kappa shape index (κ2) is 6.24. The fourth-order valence-corrected chi connectivity index (χ4v) is 2.78. The third-order valence-electron chi connectivity index (χ3n) is 2.71. The molecule has 1 aromatic heterocycles. The molecule has 0 saturated carbocycles. The Morgan fingerprint density at radius 1 is 1.43 bits per heavy atom. The normalized spacial score (nSPS) is 11.6. The number of carboxylic acids is 1. The molecule has 0 aliphatic carbocycles. The van der Waals surface area contributed by atoms with Crippen LogP contribution in [0.25, 0.3) is 0 Å². The lowest BCUT2D eigenvalue weighted by Gasteiger charge is -2.07. The van der Waals surface area contributed by atoms with Crippen molar-refractivity contribution in [3.05, 3.63) is 47.2 Å². The summed E-state index contributed by atoms with van der Waals surface area (Å²) in [5.41, 5.74) is 1.01. The molecule has 21 heavy (non-hydrogen) atoms. The van der Waals surface area contributed by atoms with Gasteiger partial charge in [-0.15, -0.1) is 0 Å². The molecule has 7 heteroatoms. The summed E-state index contributed by atoms with van der Waals surface area (Å²) in [4.78, 5) is 10.7. The Kier molecular flexibility index (Phi) is 4.40. The number of nitriles is 1. The van der Waals surface area contributed by atoms with E-state index < -0.39 is 16.8 Å². The number of carbonyl (C=O) groups is 1. The Balaban J connectivity index is 2.26. The zero-order valence-corrected chi connectivity index (χ0v) is 11.8. The SMILES string of the molecule is COc1ccc(C#N)cc1CS(=O)c1ccc(C(=O)O)o1. The molecule has 1 N–H and O–H groups in total. The number of carboxylic acid groups (broad SMARTS) is 1. The van der Waals surface area contributed by atoms with Gasteiger partial charge in [0.15, 0.2) is 5.09 Å². The highest BCUT2D eigenvalue weighted by Crippen LogP contribution is 2.24. The maximum atomic E-state index is 12.2. The van der Waals surface area contributed by atoms with Gasteiger partial charge in [0, 0.05) is 5.56 Å². The van der Waals surface area contributed by atoms with E-state index in [2.05, 4.69) is 0 Å². The molecule has 2 rings (SSSR count). The van der Waals surface area contributed by atoms with Crippen molar-refractivity contribution in [3.63, 3.8) is 0 Å². The lowest BCUT2D eigenvalue weighted by molar-refractivity contribution is 0.0656. The smallest absolute Gasteiger partial charge is 0.371 e. The van der Waals surface area contributed by atoms with E-state index in [1.807, 2.05) is 6.07 Å². The number of furan rings is 1. The minimum absolute atomic E-state index is 0.0608. The minimum atomic E-state index is -1.57. The van der Waals surface area contributed by atoms with Crippen molar-refractivity contribution in [3.8, 4) is 11.8 Å². The van der Waals surface area contributed by atoms with Crippen molar-refractivity contribution in [1.82, 2.24) is 0 Å². The highest BCUT2D eigenvalue weighted by molar-refractivity contribution is 7.84. The largest absolute Gasteiger partial charge is 0.496 e. The first kappa shape index (κ1) is 14.8. The van der Waals surface area contributed by atoms with Gasteiger partial charge in [-0.1, -0.05) is 0 Å². The van der Waals surface area contributed by atoms with Gasteiger partial charge in [-0.05, 0) is 30.3 Å². The van der Waals surface area contributed by atoms with Crippen molar-refractivity contribution in [2.75, 3.05) is 7.11 Å². The Morgan fingerprint density at radius 3 is 2.76 bits per heavy atom. The first-order valence-electron chi connectivity index (χ1n) is 5.83. The van der Waals surface area contributed by atoms with Crippen LogP contribution >= 0.6 is 0 Å². The van der Waals surface area contributed by atoms with Gasteiger partial charge in [-0.3, -0.25) is 4.21 Å². The molecule has 0 radical (unpaired) electrons. The maximum absolute atomic E-state index is 12.2. The van der Waals surface area contributed by atoms with E-state index in [0.717, 1.165) is 0 Å². The molecule has 1 atom stereocenters. The number of ether oxygens (including phenoxy) is 1. The lowest BCUT2D eigenvalue weighted by Crippen LogP contribution is -1.99. The summed E-state index contributed by atoms with van der Waals surface area (Å²) < 4.78 is 22.4. The highest BCUT2D eigenvalue weighted by atomic mass is 32.2. The molecule has 0 aliphatic heterocycles. The molecule has 0 spiro atoms. The van der Waals surface area contributed by atoms with E-state index in [1.165, 1.54) is 19.2 Å². The van der Waals surface area contributed by atoms with Crippen molar-refractivity contribution in [2.24, 2.45) is 0 Å². The first-order chi connectivity index (χ1) is 10.0. The molecule has 0 fully saturated rings. The number of hydrogen-bond donors (Lipinski definition) is 1. The summed E-state index contributed by atoms with van der Waals surface area (Å²) in [6.07, 6.45) is 0. The molecule has 0 aliphatic rings. The highest BCUT2D eigenvalue weighted by Gasteiger charge is 2.16. The number of rotatable bonds is 5. The van der Waals surface area contributed by atoms with E-state index in [-0.39, 0.29) is 16.6 Å². The molecule has 0 amide bonds. The van der Waals surface area contributed by atoms with Crippen molar-refractivity contribution < 1.29 is 23.3 Å². The van der Waals surface area contributed by atoms with Crippen molar-refractivity contribution in [1.29, 1.82) is 5.26 Å². The van der Waals surface area contributed by atoms with E-state index in [0.29, 0.717) is 16.9 Å². The monoisotopic (exact) mass is 305 g/mol. The zero-order chi connectivity index (χ0) is 15.4. The zero-order valence-electron chi connectivity index (χ0n) is 11.0. The van der Waals surface area contributed by atoms with Crippen LogP contribution in [0.2, 0.25) is 0 Å². The second-order valence-corrected chi connectivity index (χ2v) is 5.43. The average molecular weight is 305 g/mol. The standard InChI is InChI=1S/C14H11NO5S/c1-19-11-3-2-9(7-15)6-10(11)8-21(18)13-5-4-12(20-13)14(16)17/h2-6H,8H2,1H3,(H,16,17). The third-order valence-corrected chi connectivity index (χ3v) is 3.95. The summed E-state index contributed by atoms with van der Waals surface area (Å²) in [6, 6.07) is 9.40. The van der Waals surface area contributed by atoms with Crippen LogP contribution in [-0.2, 0) is 16.6 Å². The lowest BCUT2D eigenvalue weighted by atomic mass is 10.1. The second-order valence-electron chi connectivity index (χ2n) is 4.05. The first-order valence-corrected chi connectivity index (χ1v) is 7.15. The van der Waals surface area contributed by atoms with E-state index in [9.17, 15) is 9.00 Å². The fraction of sp³-hybridized carbons (Fsp3) is 0.143. The predicted molar refractivity (Wildman–Crippen MR) is 73.5 cm³/mol. The molecular formula is C14H11NO5S. The number of hydrogen-bond acceptors (Lipinski definition) is 5. The molecule has 1 unspecified atom stereocenters. The summed E-state index contributed by atoms with van der Waals surface area (Å²) in [6.45, 7) is 0.